The van der Waals surface area contributed by atoms with Gasteiger partial charge in [0.2, 0.25) is 10.0 Å². The summed E-state index contributed by atoms with van der Waals surface area (Å²) in [5.74, 6) is -7.38. The molecule has 1 aromatic rings. The maximum Gasteiger partial charge on any atom is 0.246 e. The predicted molar refractivity (Wildman–Crippen MR) is 69.7 cm³/mol. The molecule has 1 saturated heterocycles. The second-order valence-electron chi connectivity index (χ2n) is 4.46. The van der Waals surface area contributed by atoms with Crippen LogP contribution in [0.5, 0.6) is 0 Å². The van der Waals surface area contributed by atoms with E-state index in [0.717, 1.165) is 0 Å². The van der Waals surface area contributed by atoms with E-state index in [1.165, 1.54) is 0 Å². The lowest BCUT2D eigenvalue weighted by atomic mass is 10.1. The molecular formula is C11H13ClF4N2O2S. The Morgan fingerprint density at radius 1 is 1.14 bits per heavy atom. The first-order chi connectivity index (χ1) is 9.33. The second kappa shape index (κ2) is 6.91. The lowest BCUT2D eigenvalue weighted by molar-refractivity contribution is 0.407. The van der Waals surface area contributed by atoms with Crippen LogP contribution in [0.3, 0.4) is 0 Å². The van der Waals surface area contributed by atoms with Gasteiger partial charge in [-0.25, -0.2) is 30.7 Å². The Morgan fingerprint density at radius 3 is 2.19 bits per heavy atom. The second-order valence-corrected chi connectivity index (χ2v) is 6.11. The highest BCUT2D eigenvalue weighted by Crippen LogP contribution is 2.24. The van der Waals surface area contributed by atoms with E-state index in [1.54, 1.807) is 0 Å². The summed E-state index contributed by atoms with van der Waals surface area (Å²) in [7, 11) is -4.69. The molecule has 21 heavy (non-hydrogen) atoms. The Balaban J connectivity index is 0.00000220. The van der Waals surface area contributed by atoms with Crippen molar-refractivity contribution < 1.29 is 26.0 Å². The standard InChI is InChI=1S/C11H12F4N2O2S.ClH/c12-7-4-8(13)10(15)11(9(7)14)20(18,19)17-6-2-1-3-16-5-6;/h4,6,16-17H,1-3,5H2;1H/t6-;/m1./s1. The average molecular weight is 349 g/mol. The van der Waals surface area contributed by atoms with Gasteiger partial charge in [0.15, 0.2) is 28.2 Å². The number of nitrogens with one attached hydrogen (secondary N) is 2. The van der Waals surface area contributed by atoms with Crippen molar-refractivity contribution in [3.8, 4) is 0 Å². The third-order valence-corrected chi connectivity index (χ3v) is 4.50. The van der Waals surface area contributed by atoms with Crippen LogP contribution >= 0.6 is 12.4 Å². The van der Waals surface area contributed by atoms with Gasteiger partial charge in [-0.05, 0) is 19.4 Å². The van der Waals surface area contributed by atoms with Crippen molar-refractivity contribution in [2.45, 2.75) is 23.8 Å². The monoisotopic (exact) mass is 348 g/mol. The topological polar surface area (TPSA) is 58.2 Å². The molecule has 1 heterocycles. The first kappa shape index (κ1) is 18.1. The van der Waals surface area contributed by atoms with Crippen LogP contribution in [0, 0.1) is 23.3 Å². The quantitative estimate of drug-likeness (QED) is 0.645. The molecule has 2 rings (SSSR count). The summed E-state index contributed by atoms with van der Waals surface area (Å²) in [5.41, 5.74) is 0. The van der Waals surface area contributed by atoms with Crippen LogP contribution in [0.15, 0.2) is 11.0 Å². The number of rotatable bonds is 3. The largest absolute Gasteiger partial charge is 0.315 e. The Labute approximate surface area is 125 Å². The van der Waals surface area contributed by atoms with Gasteiger partial charge >= 0.3 is 0 Å². The van der Waals surface area contributed by atoms with E-state index in [9.17, 15) is 26.0 Å². The van der Waals surface area contributed by atoms with Gasteiger partial charge in [0, 0.05) is 18.7 Å². The van der Waals surface area contributed by atoms with Crippen molar-refractivity contribution in [1.82, 2.24) is 10.0 Å². The number of hydrogen-bond donors (Lipinski definition) is 2. The van der Waals surface area contributed by atoms with E-state index in [2.05, 4.69) is 5.32 Å². The van der Waals surface area contributed by atoms with Gasteiger partial charge in [-0.2, -0.15) is 0 Å². The zero-order chi connectivity index (χ0) is 14.9. The molecule has 1 atom stereocenters. The molecule has 120 valence electrons. The van der Waals surface area contributed by atoms with E-state index in [4.69, 9.17) is 0 Å². The molecule has 0 radical (unpaired) electrons. The molecule has 1 aliphatic heterocycles. The summed E-state index contributed by atoms with van der Waals surface area (Å²) in [5, 5.41) is 2.90. The minimum Gasteiger partial charge on any atom is -0.315 e. The van der Waals surface area contributed by atoms with E-state index < -0.39 is 44.2 Å². The van der Waals surface area contributed by atoms with Crippen LogP contribution in [0.1, 0.15) is 12.8 Å². The van der Waals surface area contributed by atoms with Crippen molar-refractivity contribution in [3.63, 3.8) is 0 Å². The summed E-state index contributed by atoms with van der Waals surface area (Å²) in [4.78, 5) is -1.62. The maximum atomic E-state index is 13.5. The maximum absolute atomic E-state index is 13.5. The lowest BCUT2D eigenvalue weighted by Crippen LogP contribution is -2.45. The molecule has 1 fully saturated rings. The van der Waals surface area contributed by atoms with Crippen LogP contribution in [-0.4, -0.2) is 27.5 Å². The Morgan fingerprint density at radius 2 is 1.71 bits per heavy atom. The van der Waals surface area contributed by atoms with Crippen LogP contribution in [0.25, 0.3) is 0 Å². The summed E-state index contributed by atoms with van der Waals surface area (Å²) in [6.07, 6.45) is 1.14. The van der Waals surface area contributed by atoms with Crippen LogP contribution in [0.2, 0.25) is 0 Å². The zero-order valence-corrected chi connectivity index (χ0v) is 12.3. The normalized spacial score (nSPS) is 19.1. The number of sulfonamides is 1. The molecule has 10 heteroatoms. The van der Waals surface area contributed by atoms with E-state index in [1.807, 2.05) is 4.72 Å². The van der Waals surface area contributed by atoms with Crippen molar-refractivity contribution in [2.75, 3.05) is 13.1 Å². The minimum absolute atomic E-state index is 0. The fourth-order valence-electron chi connectivity index (χ4n) is 2.02. The molecule has 0 bridgehead atoms. The highest BCUT2D eigenvalue weighted by Gasteiger charge is 2.31. The van der Waals surface area contributed by atoms with Gasteiger partial charge in [0.25, 0.3) is 0 Å². The molecule has 1 aromatic carbocycles. The van der Waals surface area contributed by atoms with E-state index in [0.29, 0.717) is 19.4 Å². The number of benzene rings is 1. The molecular weight excluding hydrogens is 336 g/mol. The smallest absolute Gasteiger partial charge is 0.246 e. The molecule has 4 nitrogen and oxygen atoms in total. The summed E-state index contributed by atoms with van der Waals surface area (Å²) < 4.78 is 78.9. The Kier molecular flexibility index (Phi) is 5.97. The van der Waals surface area contributed by atoms with Gasteiger partial charge in [0.1, 0.15) is 0 Å². The SMILES string of the molecule is Cl.O=S(=O)(N[C@@H]1CCCNC1)c1c(F)c(F)cc(F)c1F. The van der Waals surface area contributed by atoms with Crippen LogP contribution in [-0.2, 0) is 10.0 Å². The first-order valence-electron chi connectivity index (χ1n) is 5.89. The van der Waals surface area contributed by atoms with Gasteiger partial charge in [-0.1, -0.05) is 0 Å². The van der Waals surface area contributed by atoms with Crippen molar-refractivity contribution in [2.24, 2.45) is 0 Å². The average Bonchev–Trinajstić information content (AvgIpc) is 2.37. The van der Waals surface area contributed by atoms with Crippen LogP contribution < -0.4 is 10.0 Å². The zero-order valence-electron chi connectivity index (χ0n) is 10.6. The highest BCUT2D eigenvalue weighted by molar-refractivity contribution is 7.89. The van der Waals surface area contributed by atoms with Crippen molar-refractivity contribution in [3.05, 3.63) is 29.3 Å². The van der Waals surface area contributed by atoms with Gasteiger partial charge in [0.05, 0.1) is 0 Å². The first-order valence-corrected chi connectivity index (χ1v) is 7.37. The summed E-state index contributed by atoms with van der Waals surface area (Å²) in [6, 6.07) is -0.620. The molecule has 0 aromatic heterocycles. The fourth-order valence-corrected chi connectivity index (χ4v) is 3.44. The number of halogens is 5. The van der Waals surface area contributed by atoms with E-state index in [-0.39, 0.29) is 25.0 Å². The van der Waals surface area contributed by atoms with Crippen molar-refractivity contribution >= 4 is 22.4 Å². The molecule has 0 aliphatic carbocycles. The minimum atomic E-state index is -4.69. The number of piperidine rings is 1. The van der Waals surface area contributed by atoms with Gasteiger partial charge in [-0.15, -0.1) is 12.4 Å². The Hall–Kier alpha value is -0.900. The molecule has 0 saturated carbocycles. The highest BCUT2D eigenvalue weighted by atomic mass is 35.5. The van der Waals surface area contributed by atoms with Gasteiger partial charge < -0.3 is 5.32 Å². The van der Waals surface area contributed by atoms with Crippen molar-refractivity contribution in [1.29, 1.82) is 0 Å². The van der Waals surface area contributed by atoms with E-state index >= 15 is 0 Å². The molecule has 0 amide bonds. The number of hydrogen-bond acceptors (Lipinski definition) is 3. The molecule has 1 aliphatic rings. The van der Waals surface area contributed by atoms with Crippen LogP contribution in [0.4, 0.5) is 17.6 Å². The molecule has 0 unspecified atom stereocenters. The molecule has 0 spiro atoms. The molecule has 2 N–H and O–H groups in total. The van der Waals surface area contributed by atoms with Gasteiger partial charge in [-0.3, -0.25) is 0 Å². The Bertz CT molecular complexity index is 595. The lowest BCUT2D eigenvalue weighted by Gasteiger charge is -2.23. The fraction of sp³-hybridized carbons (Fsp3) is 0.455. The summed E-state index contributed by atoms with van der Waals surface area (Å²) in [6.45, 7) is 0.982. The third-order valence-electron chi connectivity index (χ3n) is 2.96. The predicted octanol–water partition coefficient (Wildman–Crippen LogP) is 1.70. The third kappa shape index (κ3) is 3.85. The summed E-state index contributed by atoms with van der Waals surface area (Å²) >= 11 is 0.